The predicted octanol–water partition coefficient (Wildman–Crippen LogP) is 0.395. The van der Waals surface area contributed by atoms with Crippen LogP contribution in [0, 0.1) is 0 Å². The summed E-state index contributed by atoms with van der Waals surface area (Å²) < 4.78 is 4.64. The standard InChI is InChI=1S/C7H11N3O2/c1-4(2)9-7(11)5-3-6(8)10-12-5/h3-4H,1-2H3,(H2,8,10)(H,9,11). The van der Waals surface area contributed by atoms with Crippen molar-refractivity contribution in [3.8, 4) is 0 Å². The minimum absolute atomic E-state index is 0.0730. The van der Waals surface area contributed by atoms with Gasteiger partial charge in [0.15, 0.2) is 5.82 Å². The molecule has 0 saturated carbocycles. The van der Waals surface area contributed by atoms with E-state index < -0.39 is 0 Å². The fraction of sp³-hybridized carbons (Fsp3) is 0.429. The zero-order valence-corrected chi connectivity index (χ0v) is 7.00. The van der Waals surface area contributed by atoms with Gasteiger partial charge in [0.2, 0.25) is 5.76 Å². The van der Waals surface area contributed by atoms with Crippen LogP contribution in [0.15, 0.2) is 10.6 Å². The van der Waals surface area contributed by atoms with Crippen LogP contribution in [-0.4, -0.2) is 17.1 Å². The van der Waals surface area contributed by atoms with E-state index in [0.717, 1.165) is 0 Å². The van der Waals surface area contributed by atoms with E-state index in [0.29, 0.717) is 0 Å². The van der Waals surface area contributed by atoms with Gasteiger partial charge in [-0.2, -0.15) is 0 Å². The first-order valence-corrected chi connectivity index (χ1v) is 3.62. The fourth-order valence-corrected chi connectivity index (χ4v) is 0.729. The number of nitrogens with one attached hydrogen (secondary N) is 1. The summed E-state index contributed by atoms with van der Waals surface area (Å²) in [6.07, 6.45) is 0. The summed E-state index contributed by atoms with van der Waals surface area (Å²) in [7, 11) is 0. The van der Waals surface area contributed by atoms with Gasteiger partial charge in [0, 0.05) is 12.1 Å². The topological polar surface area (TPSA) is 81.2 Å². The number of hydrogen-bond acceptors (Lipinski definition) is 4. The van der Waals surface area contributed by atoms with Crippen molar-refractivity contribution in [1.82, 2.24) is 10.5 Å². The zero-order chi connectivity index (χ0) is 9.14. The minimum Gasteiger partial charge on any atom is -0.381 e. The number of carbonyl (C=O) groups excluding carboxylic acids is 1. The SMILES string of the molecule is CC(C)NC(=O)c1cc(N)no1. The van der Waals surface area contributed by atoms with Crippen molar-refractivity contribution >= 4 is 11.7 Å². The Labute approximate surface area is 69.9 Å². The first-order chi connectivity index (χ1) is 5.59. The van der Waals surface area contributed by atoms with Crippen molar-refractivity contribution in [3.63, 3.8) is 0 Å². The first kappa shape index (κ1) is 8.58. The summed E-state index contributed by atoms with van der Waals surface area (Å²) in [6.45, 7) is 3.72. The summed E-state index contributed by atoms with van der Waals surface area (Å²) in [4.78, 5) is 11.2. The molecule has 0 fully saturated rings. The Kier molecular flexibility index (Phi) is 2.32. The van der Waals surface area contributed by atoms with Crippen molar-refractivity contribution in [2.75, 3.05) is 5.73 Å². The number of nitrogens with two attached hydrogens (primary N) is 1. The summed E-state index contributed by atoms with van der Waals surface area (Å²) in [5, 5.41) is 6.03. The third kappa shape index (κ3) is 1.98. The third-order valence-corrected chi connectivity index (χ3v) is 1.17. The Balaban J connectivity index is 2.65. The van der Waals surface area contributed by atoms with Gasteiger partial charge in [-0.15, -0.1) is 0 Å². The average molecular weight is 169 g/mol. The maximum Gasteiger partial charge on any atom is 0.290 e. The molecule has 0 atom stereocenters. The maximum absolute atomic E-state index is 11.2. The van der Waals surface area contributed by atoms with Crippen LogP contribution in [0.2, 0.25) is 0 Å². The number of rotatable bonds is 2. The van der Waals surface area contributed by atoms with Gasteiger partial charge in [-0.1, -0.05) is 5.16 Å². The third-order valence-electron chi connectivity index (χ3n) is 1.17. The molecule has 0 aromatic carbocycles. The lowest BCUT2D eigenvalue weighted by molar-refractivity contribution is 0.0906. The first-order valence-electron chi connectivity index (χ1n) is 3.62. The van der Waals surface area contributed by atoms with Crippen molar-refractivity contribution in [2.24, 2.45) is 0 Å². The Morgan fingerprint density at radius 3 is 2.83 bits per heavy atom. The molecule has 0 aliphatic carbocycles. The molecule has 0 radical (unpaired) electrons. The van der Waals surface area contributed by atoms with Crippen molar-refractivity contribution in [3.05, 3.63) is 11.8 Å². The van der Waals surface area contributed by atoms with Gasteiger partial charge in [0.05, 0.1) is 0 Å². The highest BCUT2D eigenvalue weighted by atomic mass is 16.5. The molecule has 0 aliphatic rings. The van der Waals surface area contributed by atoms with E-state index >= 15 is 0 Å². The lowest BCUT2D eigenvalue weighted by Crippen LogP contribution is -2.29. The van der Waals surface area contributed by atoms with E-state index in [9.17, 15) is 4.79 Å². The second-order valence-electron chi connectivity index (χ2n) is 2.74. The quantitative estimate of drug-likeness (QED) is 0.671. The maximum atomic E-state index is 11.2. The van der Waals surface area contributed by atoms with E-state index in [4.69, 9.17) is 5.73 Å². The predicted molar refractivity (Wildman–Crippen MR) is 43.5 cm³/mol. The smallest absolute Gasteiger partial charge is 0.290 e. The molecule has 5 nitrogen and oxygen atoms in total. The molecular formula is C7H11N3O2. The van der Waals surface area contributed by atoms with E-state index in [1.54, 1.807) is 0 Å². The van der Waals surface area contributed by atoms with Gasteiger partial charge in [-0.25, -0.2) is 0 Å². The van der Waals surface area contributed by atoms with E-state index in [1.165, 1.54) is 6.07 Å². The van der Waals surface area contributed by atoms with Crippen LogP contribution in [0.5, 0.6) is 0 Å². The number of nitrogen functional groups attached to an aromatic ring is 1. The van der Waals surface area contributed by atoms with E-state index in [2.05, 4.69) is 15.0 Å². The molecule has 1 heterocycles. The number of aromatic nitrogens is 1. The fourth-order valence-electron chi connectivity index (χ4n) is 0.729. The lowest BCUT2D eigenvalue weighted by Gasteiger charge is -2.04. The van der Waals surface area contributed by atoms with Crippen LogP contribution >= 0.6 is 0 Å². The number of amides is 1. The lowest BCUT2D eigenvalue weighted by atomic mass is 10.3. The van der Waals surface area contributed by atoms with Gasteiger partial charge < -0.3 is 15.6 Å². The van der Waals surface area contributed by atoms with Gasteiger partial charge in [-0.3, -0.25) is 4.79 Å². The molecule has 0 unspecified atom stereocenters. The molecule has 3 N–H and O–H groups in total. The van der Waals surface area contributed by atoms with Crippen molar-refractivity contribution < 1.29 is 9.32 Å². The number of carbonyl (C=O) groups is 1. The second kappa shape index (κ2) is 3.25. The number of hydrogen-bond donors (Lipinski definition) is 2. The summed E-state index contributed by atoms with van der Waals surface area (Å²) >= 11 is 0. The van der Waals surface area contributed by atoms with Crippen LogP contribution in [0.4, 0.5) is 5.82 Å². The molecule has 1 amide bonds. The van der Waals surface area contributed by atoms with Crippen molar-refractivity contribution in [1.29, 1.82) is 0 Å². The van der Waals surface area contributed by atoms with Crippen molar-refractivity contribution in [2.45, 2.75) is 19.9 Å². The minimum atomic E-state index is -0.297. The van der Waals surface area contributed by atoms with Gasteiger partial charge >= 0.3 is 0 Å². The van der Waals surface area contributed by atoms with Gasteiger partial charge in [-0.05, 0) is 13.8 Å². The Bertz CT molecular complexity index is 280. The molecule has 12 heavy (non-hydrogen) atoms. The van der Waals surface area contributed by atoms with Crippen LogP contribution in [-0.2, 0) is 0 Å². The normalized spacial score (nSPS) is 10.2. The van der Waals surface area contributed by atoms with Crippen LogP contribution in [0.1, 0.15) is 24.4 Å². The van der Waals surface area contributed by atoms with E-state index in [-0.39, 0.29) is 23.5 Å². The molecule has 0 bridgehead atoms. The summed E-state index contributed by atoms with van der Waals surface area (Å²) in [6, 6.07) is 1.46. The molecule has 0 spiro atoms. The largest absolute Gasteiger partial charge is 0.381 e. The number of nitrogens with zero attached hydrogens (tertiary/aromatic N) is 1. The monoisotopic (exact) mass is 169 g/mol. The number of anilines is 1. The van der Waals surface area contributed by atoms with Gasteiger partial charge in [0.1, 0.15) is 0 Å². The Morgan fingerprint density at radius 1 is 1.75 bits per heavy atom. The van der Waals surface area contributed by atoms with E-state index in [1.807, 2.05) is 13.8 Å². The molecule has 1 aromatic rings. The highest BCUT2D eigenvalue weighted by molar-refractivity contribution is 5.92. The molecule has 1 rings (SSSR count). The summed E-state index contributed by atoms with van der Waals surface area (Å²) in [5.41, 5.74) is 5.26. The van der Waals surface area contributed by atoms with Gasteiger partial charge in [0.25, 0.3) is 5.91 Å². The molecule has 66 valence electrons. The van der Waals surface area contributed by atoms with Crippen LogP contribution in [0.3, 0.4) is 0 Å². The molecule has 5 heteroatoms. The highest BCUT2D eigenvalue weighted by Gasteiger charge is 2.11. The molecule has 1 aromatic heterocycles. The molecule has 0 aliphatic heterocycles. The van der Waals surface area contributed by atoms with Crippen LogP contribution < -0.4 is 11.1 Å². The zero-order valence-electron chi connectivity index (χ0n) is 7.00. The second-order valence-corrected chi connectivity index (χ2v) is 2.74. The summed E-state index contributed by atoms with van der Waals surface area (Å²) in [5.74, 6) is 0.0549. The highest BCUT2D eigenvalue weighted by Crippen LogP contribution is 2.03. The Morgan fingerprint density at radius 2 is 2.42 bits per heavy atom. The Hall–Kier alpha value is -1.52. The molecule has 0 saturated heterocycles. The van der Waals surface area contributed by atoms with Crippen LogP contribution in [0.25, 0.3) is 0 Å². The average Bonchev–Trinajstić information content (AvgIpc) is 2.34. The molecular weight excluding hydrogens is 158 g/mol.